The van der Waals surface area contributed by atoms with Gasteiger partial charge < -0.3 is 14.0 Å². The van der Waals surface area contributed by atoms with Gasteiger partial charge in [-0.05, 0) is 37.1 Å². The lowest BCUT2D eigenvalue weighted by Crippen LogP contribution is -2.37. The van der Waals surface area contributed by atoms with Crippen LogP contribution in [0.1, 0.15) is 31.6 Å². The molecule has 24 heavy (non-hydrogen) atoms. The Labute approximate surface area is 145 Å². The number of aromatic nitrogens is 2. The summed E-state index contributed by atoms with van der Waals surface area (Å²) in [6, 6.07) is 2.01. The second-order valence-corrected chi connectivity index (χ2v) is 7.25. The van der Waals surface area contributed by atoms with E-state index >= 15 is 0 Å². The molecule has 2 saturated heterocycles. The molecule has 0 bridgehead atoms. The zero-order valence-corrected chi connectivity index (χ0v) is 14.5. The molecule has 1 unspecified atom stereocenters. The van der Waals surface area contributed by atoms with Crippen LogP contribution in [0.25, 0.3) is 11.4 Å². The van der Waals surface area contributed by atoms with Crippen LogP contribution in [-0.2, 0) is 16.0 Å². The third-order valence-corrected chi connectivity index (χ3v) is 5.37. The molecule has 2 aliphatic rings. The number of ether oxygens (including phenoxy) is 2. The maximum absolute atomic E-state index is 6.02. The normalized spacial score (nSPS) is 23.1. The van der Waals surface area contributed by atoms with Gasteiger partial charge in [-0.25, -0.2) is 0 Å². The van der Waals surface area contributed by atoms with Gasteiger partial charge in [0.25, 0.3) is 0 Å². The van der Waals surface area contributed by atoms with Crippen molar-refractivity contribution in [1.29, 1.82) is 0 Å². The van der Waals surface area contributed by atoms with Crippen LogP contribution in [0.15, 0.2) is 21.3 Å². The molecule has 1 atom stereocenters. The fraction of sp³-hybridized carbons (Fsp3) is 0.647. The number of piperidine rings is 1. The largest absolute Gasteiger partial charge is 0.376 e. The lowest BCUT2D eigenvalue weighted by Gasteiger charge is -2.31. The molecule has 2 aromatic rings. The number of hydrogen-bond acceptors (Lipinski definition) is 7. The molecule has 2 aromatic heterocycles. The first-order chi connectivity index (χ1) is 11.9. The fourth-order valence-electron chi connectivity index (χ4n) is 3.27. The molecule has 6 nitrogen and oxygen atoms in total. The molecule has 0 amide bonds. The van der Waals surface area contributed by atoms with Crippen molar-refractivity contribution in [3.8, 4) is 11.4 Å². The standard InChI is InChI=1S/C17H23N3O3S/c1-2-15(21-8-1)11-22-14-3-6-20(7-4-14)10-16-18-17(19-23-16)13-5-9-24-12-13/h5,9,12,14-15H,1-4,6-8,10-11H2. The van der Waals surface area contributed by atoms with Crippen LogP contribution in [0.5, 0.6) is 0 Å². The molecule has 2 aliphatic heterocycles. The Kier molecular flexibility index (Phi) is 5.22. The molecule has 4 rings (SSSR count). The first-order valence-electron chi connectivity index (χ1n) is 8.67. The van der Waals surface area contributed by atoms with Crippen LogP contribution >= 0.6 is 11.3 Å². The van der Waals surface area contributed by atoms with E-state index in [1.54, 1.807) is 11.3 Å². The lowest BCUT2D eigenvalue weighted by atomic mass is 10.1. The van der Waals surface area contributed by atoms with Gasteiger partial charge in [-0.1, -0.05) is 5.16 Å². The topological polar surface area (TPSA) is 60.6 Å². The molecule has 0 aromatic carbocycles. The van der Waals surface area contributed by atoms with Crippen molar-refractivity contribution >= 4 is 11.3 Å². The molecular weight excluding hydrogens is 326 g/mol. The van der Waals surface area contributed by atoms with Crippen LogP contribution in [0.2, 0.25) is 0 Å². The molecule has 7 heteroatoms. The Bertz CT molecular complexity index is 617. The molecule has 0 aliphatic carbocycles. The van der Waals surface area contributed by atoms with E-state index in [0.717, 1.165) is 57.7 Å². The van der Waals surface area contributed by atoms with Gasteiger partial charge >= 0.3 is 0 Å². The maximum atomic E-state index is 6.02. The first kappa shape index (κ1) is 16.2. The summed E-state index contributed by atoms with van der Waals surface area (Å²) in [4.78, 5) is 6.85. The Hall–Kier alpha value is -1.28. The van der Waals surface area contributed by atoms with Crippen molar-refractivity contribution in [2.45, 2.75) is 44.4 Å². The lowest BCUT2D eigenvalue weighted by molar-refractivity contribution is -0.0433. The summed E-state index contributed by atoms with van der Waals surface area (Å²) in [5.74, 6) is 1.37. The van der Waals surface area contributed by atoms with Crippen molar-refractivity contribution in [2.75, 3.05) is 26.3 Å². The van der Waals surface area contributed by atoms with Crippen LogP contribution in [0.4, 0.5) is 0 Å². The molecule has 4 heterocycles. The predicted octanol–water partition coefficient (Wildman–Crippen LogP) is 2.96. The van der Waals surface area contributed by atoms with Gasteiger partial charge in [0.2, 0.25) is 11.7 Å². The predicted molar refractivity (Wildman–Crippen MR) is 90.8 cm³/mol. The first-order valence-corrected chi connectivity index (χ1v) is 9.62. The van der Waals surface area contributed by atoms with Crippen molar-refractivity contribution in [1.82, 2.24) is 15.0 Å². The molecule has 130 valence electrons. The minimum Gasteiger partial charge on any atom is -0.376 e. The van der Waals surface area contributed by atoms with Gasteiger partial charge in [-0.3, -0.25) is 4.90 Å². The van der Waals surface area contributed by atoms with E-state index in [1.165, 1.54) is 6.42 Å². The van der Waals surface area contributed by atoms with E-state index in [2.05, 4.69) is 15.0 Å². The SMILES string of the molecule is c1cc(-c2noc(CN3CCC(OCC4CCCO4)CC3)n2)cs1. The van der Waals surface area contributed by atoms with Crippen LogP contribution in [-0.4, -0.2) is 53.6 Å². The molecule has 0 saturated carbocycles. The average molecular weight is 349 g/mol. The molecule has 0 N–H and O–H groups in total. The average Bonchev–Trinajstić information content (AvgIpc) is 3.36. The summed E-state index contributed by atoms with van der Waals surface area (Å²) < 4.78 is 17.0. The second kappa shape index (κ2) is 7.74. The Balaban J connectivity index is 1.21. The minimum absolute atomic E-state index is 0.317. The van der Waals surface area contributed by atoms with Crippen molar-refractivity contribution in [3.63, 3.8) is 0 Å². The Morgan fingerprint density at radius 3 is 2.96 bits per heavy atom. The van der Waals surface area contributed by atoms with Crippen LogP contribution < -0.4 is 0 Å². The van der Waals surface area contributed by atoms with Crippen LogP contribution in [0.3, 0.4) is 0 Å². The zero-order valence-electron chi connectivity index (χ0n) is 13.7. The Morgan fingerprint density at radius 1 is 1.29 bits per heavy atom. The van der Waals surface area contributed by atoms with Gasteiger partial charge in [0.05, 0.1) is 25.4 Å². The summed E-state index contributed by atoms with van der Waals surface area (Å²) in [7, 11) is 0. The molecule has 0 radical (unpaired) electrons. The quantitative estimate of drug-likeness (QED) is 0.799. The number of likely N-dealkylation sites (tertiary alicyclic amines) is 1. The highest BCUT2D eigenvalue weighted by Gasteiger charge is 2.23. The van der Waals surface area contributed by atoms with Gasteiger partial charge in [0.1, 0.15) is 0 Å². The highest BCUT2D eigenvalue weighted by molar-refractivity contribution is 7.08. The monoisotopic (exact) mass is 349 g/mol. The molecule has 2 fully saturated rings. The summed E-state index contributed by atoms with van der Waals surface area (Å²) >= 11 is 1.64. The highest BCUT2D eigenvalue weighted by atomic mass is 32.1. The fourth-order valence-corrected chi connectivity index (χ4v) is 3.91. The van der Waals surface area contributed by atoms with E-state index in [0.29, 0.717) is 23.9 Å². The summed E-state index contributed by atoms with van der Waals surface area (Å²) in [6.45, 7) is 4.37. The van der Waals surface area contributed by atoms with E-state index in [1.807, 2.05) is 16.8 Å². The maximum Gasteiger partial charge on any atom is 0.241 e. The van der Waals surface area contributed by atoms with Gasteiger partial charge in [0, 0.05) is 30.6 Å². The van der Waals surface area contributed by atoms with Gasteiger partial charge in [-0.15, -0.1) is 0 Å². The van der Waals surface area contributed by atoms with Crippen molar-refractivity contribution in [3.05, 3.63) is 22.7 Å². The molecule has 0 spiro atoms. The van der Waals surface area contributed by atoms with Crippen molar-refractivity contribution in [2.24, 2.45) is 0 Å². The zero-order chi connectivity index (χ0) is 16.2. The smallest absolute Gasteiger partial charge is 0.241 e. The van der Waals surface area contributed by atoms with Crippen LogP contribution in [0, 0.1) is 0 Å². The summed E-state index contributed by atoms with van der Waals surface area (Å²) in [5.41, 5.74) is 1.02. The number of nitrogens with zero attached hydrogens (tertiary/aromatic N) is 3. The van der Waals surface area contributed by atoms with E-state index < -0.39 is 0 Å². The number of hydrogen-bond donors (Lipinski definition) is 0. The Morgan fingerprint density at radius 2 is 2.21 bits per heavy atom. The third-order valence-electron chi connectivity index (χ3n) is 4.68. The number of thiophene rings is 1. The van der Waals surface area contributed by atoms with Gasteiger partial charge in [0.15, 0.2) is 0 Å². The van der Waals surface area contributed by atoms with Gasteiger partial charge in [-0.2, -0.15) is 16.3 Å². The third kappa shape index (κ3) is 4.03. The summed E-state index contributed by atoms with van der Waals surface area (Å²) in [5, 5.41) is 8.12. The second-order valence-electron chi connectivity index (χ2n) is 6.47. The number of rotatable bonds is 6. The molecular formula is C17H23N3O3S. The van der Waals surface area contributed by atoms with E-state index in [9.17, 15) is 0 Å². The highest BCUT2D eigenvalue weighted by Crippen LogP contribution is 2.21. The minimum atomic E-state index is 0.317. The summed E-state index contributed by atoms with van der Waals surface area (Å²) in [6.07, 6.45) is 5.09. The van der Waals surface area contributed by atoms with E-state index in [4.69, 9.17) is 14.0 Å². The van der Waals surface area contributed by atoms with Crippen molar-refractivity contribution < 1.29 is 14.0 Å². The van der Waals surface area contributed by atoms with E-state index in [-0.39, 0.29) is 0 Å².